The van der Waals surface area contributed by atoms with Gasteiger partial charge in [-0.1, -0.05) is 23.2 Å². The van der Waals surface area contributed by atoms with Crippen LogP contribution in [0.3, 0.4) is 0 Å². The lowest BCUT2D eigenvalue weighted by Gasteiger charge is -2.32. The Bertz CT molecular complexity index is 399. The van der Waals surface area contributed by atoms with E-state index in [4.69, 9.17) is 27.9 Å². The third kappa shape index (κ3) is 4.32. The van der Waals surface area contributed by atoms with Gasteiger partial charge in [-0.05, 0) is 39.1 Å². The summed E-state index contributed by atoms with van der Waals surface area (Å²) in [5, 5.41) is 4.46. The van der Waals surface area contributed by atoms with Gasteiger partial charge in [0.1, 0.15) is 0 Å². The fourth-order valence-corrected chi connectivity index (χ4v) is 3.18. The van der Waals surface area contributed by atoms with Crippen molar-refractivity contribution in [3.8, 4) is 0 Å². The van der Waals surface area contributed by atoms with E-state index in [0.717, 1.165) is 10.6 Å². The molecule has 1 unspecified atom stereocenters. The number of thioether (sulfide) groups is 1. The standard InChI is InChI=1S/C13H19Cl2NOS/c1-13(2,17-4)12(16-3)8-18-9-5-6-10(14)11(15)7-9/h5-7,12,16H,8H2,1-4H3. The lowest BCUT2D eigenvalue weighted by Crippen LogP contribution is -2.48. The first-order valence-electron chi connectivity index (χ1n) is 5.71. The number of hydrogen-bond acceptors (Lipinski definition) is 3. The number of halogens is 2. The molecule has 0 fully saturated rings. The van der Waals surface area contributed by atoms with Crippen molar-refractivity contribution in [2.75, 3.05) is 19.9 Å². The van der Waals surface area contributed by atoms with Gasteiger partial charge >= 0.3 is 0 Å². The van der Waals surface area contributed by atoms with Gasteiger partial charge in [-0.25, -0.2) is 0 Å². The first-order valence-corrected chi connectivity index (χ1v) is 7.45. The van der Waals surface area contributed by atoms with Gasteiger partial charge in [0.25, 0.3) is 0 Å². The van der Waals surface area contributed by atoms with E-state index in [9.17, 15) is 0 Å². The van der Waals surface area contributed by atoms with Crippen LogP contribution in [0.25, 0.3) is 0 Å². The van der Waals surface area contributed by atoms with Crippen molar-refractivity contribution in [1.82, 2.24) is 5.32 Å². The van der Waals surface area contributed by atoms with Crippen molar-refractivity contribution >= 4 is 35.0 Å². The Balaban J connectivity index is 2.65. The van der Waals surface area contributed by atoms with Crippen LogP contribution in [0.2, 0.25) is 10.0 Å². The van der Waals surface area contributed by atoms with E-state index in [1.807, 2.05) is 25.2 Å². The first kappa shape index (κ1) is 16.1. The summed E-state index contributed by atoms with van der Waals surface area (Å²) >= 11 is 13.6. The highest BCUT2D eigenvalue weighted by Gasteiger charge is 2.27. The molecule has 1 aromatic rings. The van der Waals surface area contributed by atoms with Crippen molar-refractivity contribution in [1.29, 1.82) is 0 Å². The van der Waals surface area contributed by atoms with Gasteiger partial charge in [-0.3, -0.25) is 0 Å². The Hall–Kier alpha value is 0.0700. The van der Waals surface area contributed by atoms with Crippen molar-refractivity contribution < 1.29 is 4.74 Å². The summed E-state index contributed by atoms with van der Waals surface area (Å²) in [5.74, 6) is 0.898. The molecule has 0 aromatic heterocycles. The number of nitrogens with one attached hydrogen (secondary N) is 1. The Morgan fingerprint density at radius 2 is 2.00 bits per heavy atom. The fourth-order valence-electron chi connectivity index (χ4n) is 1.52. The molecular formula is C13H19Cl2NOS. The minimum atomic E-state index is -0.210. The van der Waals surface area contributed by atoms with Gasteiger partial charge < -0.3 is 10.1 Å². The van der Waals surface area contributed by atoms with E-state index in [1.54, 1.807) is 18.9 Å². The van der Waals surface area contributed by atoms with Crippen molar-refractivity contribution in [2.45, 2.75) is 30.4 Å². The first-order chi connectivity index (χ1) is 8.40. The van der Waals surface area contributed by atoms with Crippen LogP contribution in [0.1, 0.15) is 13.8 Å². The van der Waals surface area contributed by atoms with E-state index >= 15 is 0 Å². The Kier molecular flexibility index (Phi) is 6.28. The summed E-state index contributed by atoms with van der Waals surface area (Å²) in [6, 6.07) is 5.94. The number of methoxy groups -OCH3 is 1. The fraction of sp³-hybridized carbons (Fsp3) is 0.538. The molecule has 0 spiro atoms. The van der Waals surface area contributed by atoms with Gasteiger partial charge in [-0.15, -0.1) is 11.8 Å². The zero-order valence-electron chi connectivity index (χ0n) is 11.1. The lowest BCUT2D eigenvalue weighted by atomic mass is 10.0. The highest BCUT2D eigenvalue weighted by molar-refractivity contribution is 7.99. The van der Waals surface area contributed by atoms with Crippen LogP contribution in [-0.2, 0) is 4.74 Å². The number of ether oxygens (including phenoxy) is 1. The summed E-state index contributed by atoms with van der Waals surface area (Å²) in [6.07, 6.45) is 0. The molecular weight excluding hydrogens is 289 g/mol. The molecule has 0 radical (unpaired) electrons. The second-order valence-corrected chi connectivity index (χ2v) is 6.44. The van der Waals surface area contributed by atoms with Gasteiger partial charge in [0.2, 0.25) is 0 Å². The zero-order chi connectivity index (χ0) is 13.8. The average molecular weight is 308 g/mol. The van der Waals surface area contributed by atoms with E-state index < -0.39 is 0 Å². The molecule has 0 heterocycles. The van der Waals surface area contributed by atoms with Crippen LogP contribution >= 0.6 is 35.0 Å². The number of hydrogen-bond donors (Lipinski definition) is 1. The maximum absolute atomic E-state index is 5.99. The van der Waals surface area contributed by atoms with Crippen LogP contribution in [0.5, 0.6) is 0 Å². The molecule has 0 saturated carbocycles. The summed E-state index contributed by atoms with van der Waals surface area (Å²) < 4.78 is 5.50. The predicted molar refractivity (Wildman–Crippen MR) is 81.1 cm³/mol. The van der Waals surface area contributed by atoms with E-state index in [1.165, 1.54) is 0 Å². The predicted octanol–water partition coefficient (Wildman–Crippen LogP) is 4.10. The van der Waals surface area contributed by atoms with Crippen molar-refractivity contribution in [2.24, 2.45) is 0 Å². The Morgan fingerprint density at radius 1 is 1.33 bits per heavy atom. The van der Waals surface area contributed by atoms with E-state index in [-0.39, 0.29) is 11.6 Å². The van der Waals surface area contributed by atoms with Crippen LogP contribution in [-0.4, -0.2) is 31.6 Å². The second-order valence-electron chi connectivity index (χ2n) is 4.54. The van der Waals surface area contributed by atoms with Gasteiger partial charge in [0, 0.05) is 23.8 Å². The number of benzene rings is 1. The monoisotopic (exact) mass is 307 g/mol. The van der Waals surface area contributed by atoms with Gasteiger partial charge in [-0.2, -0.15) is 0 Å². The Morgan fingerprint density at radius 3 is 2.50 bits per heavy atom. The quantitative estimate of drug-likeness (QED) is 0.800. The molecule has 1 N–H and O–H groups in total. The van der Waals surface area contributed by atoms with Gasteiger partial charge in [0.15, 0.2) is 0 Å². The summed E-state index contributed by atoms with van der Waals surface area (Å²) in [7, 11) is 3.68. The minimum Gasteiger partial charge on any atom is -0.377 e. The van der Waals surface area contributed by atoms with E-state index in [0.29, 0.717) is 10.0 Å². The summed E-state index contributed by atoms with van der Waals surface area (Å²) in [5.41, 5.74) is -0.210. The molecule has 5 heteroatoms. The van der Waals surface area contributed by atoms with Crippen molar-refractivity contribution in [3.05, 3.63) is 28.2 Å². The molecule has 0 aliphatic carbocycles. The van der Waals surface area contributed by atoms with Crippen LogP contribution in [0, 0.1) is 0 Å². The molecule has 102 valence electrons. The smallest absolute Gasteiger partial charge is 0.0783 e. The molecule has 1 aromatic carbocycles. The highest BCUT2D eigenvalue weighted by atomic mass is 35.5. The van der Waals surface area contributed by atoms with E-state index in [2.05, 4.69) is 19.2 Å². The number of rotatable bonds is 6. The van der Waals surface area contributed by atoms with Crippen LogP contribution in [0.4, 0.5) is 0 Å². The summed E-state index contributed by atoms with van der Waals surface area (Å²) in [4.78, 5) is 1.11. The van der Waals surface area contributed by atoms with Crippen molar-refractivity contribution in [3.63, 3.8) is 0 Å². The highest BCUT2D eigenvalue weighted by Crippen LogP contribution is 2.29. The summed E-state index contributed by atoms with van der Waals surface area (Å²) in [6.45, 7) is 4.15. The third-order valence-electron chi connectivity index (χ3n) is 3.02. The van der Waals surface area contributed by atoms with Crippen LogP contribution < -0.4 is 5.32 Å². The molecule has 1 rings (SSSR count). The Labute approximate surface area is 123 Å². The third-order valence-corrected chi connectivity index (χ3v) is 4.85. The molecule has 18 heavy (non-hydrogen) atoms. The molecule has 0 bridgehead atoms. The molecule has 0 saturated heterocycles. The molecule has 0 aliphatic heterocycles. The minimum absolute atomic E-state index is 0.210. The zero-order valence-corrected chi connectivity index (χ0v) is 13.4. The second kappa shape index (κ2) is 7.01. The number of likely N-dealkylation sites (N-methyl/N-ethyl adjacent to an activating group) is 1. The SMILES string of the molecule is CNC(CSc1ccc(Cl)c(Cl)c1)C(C)(C)OC. The largest absolute Gasteiger partial charge is 0.377 e. The maximum Gasteiger partial charge on any atom is 0.0783 e. The lowest BCUT2D eigenvalue weighted by molar-refractivity contribution is -0.00155. The normalized spacial score (nSPS) is 13.7. The molecule has 1 atom stereocenters. The molecule has 0 amide bonds. The van der Waals surface area contributed by atoms with Gasteiger partial charge in [0.05, 0.1) is 15.6 Å². The molecule has 0 aliphatic rings. The van der Waals surface area contributed by atoms with Crippen LogP contribution in [0.15, 0.2) is 23.1 Å². The maximum atomic E-state index is 5.99. The average Bonchev–Trinajstić information content (AvgIpc) is 2.34. The topological polar surface area (TPSA) is 21.3 Å². The molecule has 2 nitrogen and oxygen atoms in total.